The molecular formula is C12H14O3. The maximum absolute atomic E-state index is 11.3. The Morgan fingerprint density at radius 1 is 1.27 bits per heavy atom. The molecule has 15 heavy (non-hydrogen) atoms. The van der Waals surface area contributed by atoms with Crippen LogP contribution in [0, 0.1) is 0 Å². The fourth-order valence-electron chi connectivity index (χ4n) is 1.25. The van der Waals surface area contributed by atoms with Gasteiger partial charge in [0.15, 0.2) is 0 Å². The van der Waals surface area contributed by atoms with E-state index < -0.39 is 0 Å². The van der Waals surface area contributed by atoms with Gasteiger partial charge < -0.3 is 9.47 Å². The van der Waals surface area contributed by atoms with Gasteiger partial charge in [0.05, 0.1) is 26.1 Å². The average Bonchev–Trinajstić information content (AvgIpc) is 2.29. The minimum atomic E-state index is -0.360. The number of ether oxygens (including phenoxy) is 2. The number of carbonyl (C=O) groups excluding carboxylic acids is 1. The molecule has 1 aromatic carbocycles. The molecule has 0 unspecified atom stereocenters. The smallest absolute Gasteiger partial charge is 0.337 e. The fraction of sp³-hybridized carbons (Fsp3) is 0.250. The largest absolute Gasteiger partial charge is 0.504 e. The molecule has 0 atom stereocenters. The van der Waals surface area contributed by atoms with E-state index in [1.54, 1.807) is 0 Å². The predicted molar refractivity (Wildman–Crippen MR) is 57.3 cm³/mol. The van der Waals surface area contributed by atoms with Crippen LogP contribution in [0.15, 0.2) is 42.2 Å². The molecule has 0 fully saturated rings. The van der Waals surface area contributed by atoms with E-state index in [9.17, 15) is 4.79 Å². The predicted octanol–water partition coefficient (Wildman–Crippen LogP) is 1.93. The van der Waals surface area contributed by atoms with Crippen molar-refractivity contribution in [3.8, 4) is 0 Å². The van der Waals surface area contributed by atoms with Crippen LogP contribution in [0.25, 0.3) is 0 Å². The van der Waals surface area contributed by atoms with Crippen molar-refractivity contribution in [3.63, 3.8) is 0 Å². The monoisotopic (exact) mass is 206 g/mol. The van der Waals surface area contributed by atoms with Gasteiger partial charge in [-0.2, -0.15) is 0 Å². The summed E-state index contributed by atoms with van der Waals surface area (Å²) in [5.74, 6) is -0.360. The molecule has 0 heterocycles. The Kier molecular flexibility index (Phi) is 4.41. The molecule has 0 aliphatic heterocycles. The number of benzene rings is 1. The number of rotatable bonds is 4. The van der Waals surface area contributed by atoms with Gasteiger partial charge in [-0.3, -0.25) is 0 Å². The van der Waals surface area contributed by atoms with E-state index in [1.165, 1.54) is 20.5 Å². The zero-order valence-electron chi connectivity index (χ0n) is 8.90. The Bertz CT molecular complexity index is 341. The zero-order chi connectivity index (χ0) is 11.1. The summed E-state index contributed by atoms with van der Waals surface area (Å²) in [6, 6.07) is 9.69. The highest BCUT2D eigenvalue weighted by Gasteiger charge is 2.10. The summed E-state index contributed by atoms with van der Waals surface area (Å²) < 4.78 is 9.49. The van der Waals surface area contributed by atoms with Gasteiger partial charge in [-0.1, -0.05) is 30.3 Å². The van der Waals surface area contributed by atoms with Crippen molar-refractivity contribution < 1.29 is 14.3 Å². The molecule has 0 amide bonds. The maximum Gasteiger partial charge on any atom is 0.337 e. The van der Waals surface area contributed by atoms with Gasteiger partial charge in [-0.05, 0) is 5.56 Å². The normalized spacial score (nSPS) is 10.9. The van der Waals surface area contributed by atoms with Crippen molar-refractivity contribution in [2.45, 2.75) is 6.42 Å². The van der Waals surface area contributed by atoms with Gasteiger partial charge in [0, 0.05) is 6.42 Å². The van der Waals surface area contributed by atoms with Crippen LogP contribution in [0.2, 0.25) is 0 Å². The van der Waals surface area contributed by atoms with E-state index in [0.717, 1.165) is 5.56 Å². The van der Waals surface area contributed by atoms with E-state index in [1.807, 2.05) is 30.3 Å². The first-order valence-electron chi connectivity index (χ1n) is 4.62. The van der Waals surface area contributed by atoms with Gasteiger partial charge in [-0.25, -0.2) is 4.79 Å². The molecule has 1 aromatic rings. The van der Waals surface area contributed by atoms with Crippen LogP contribution < -0.4 is 0 Å². The molecule has 0 saturated carbocycles. The lowest BCUT2D eigenvalue weighted by Crippen LogP contribution is -2.07. The summed E-state index contributed by atoms with van der Waals surface area (Å²) in [5, 5.41) is 0. The van der Waals surface area contributed by atoms with Crippen molar-refractivity contribution in [2.75, 3.05) is 14.2 Å². The van der Waals surface area contributed by atoms with E-state index >= 15 is 0 Å². The Hall–Kier alpha value is -1.77. The second-order valence-electron chi connectivity index (χ2n) is 3.03. The molecule has 0 spiro atoms. The number of carbonyl (C=O) groups is 1. The first kappa shape index (κ1) is 11.3. The molecule has 3 nitrogen and oxygen atoms in total. The minimum absolute atomic E-state index is 0.360. The molecule has 0 aromatic heterocycles. The van der Waals surface area contributed by atoms with E-state index in [2.05, 4.69) is 4.74 Å². The number of hydrogen-bond acceptors (Lipinski definition) is 3. The van der Waals surface area contributed by atoms with Crippen molar-refractivity contribution in [1.82, 2.24) is 0 Å². The third-order valence-electron chi connectivity index (χ3n) is 1.95. The quantitative estimate of drug-likeness (QED) is 0.429. The van der Waals surface area contributed by atoms with Crippen LogP contribution in [0.1, 0.15) is 5.56 Å². The summed E-state index contributed by atoms with van der Waals surface area (Å²) in [4.78, 5) is 11.3. The maximum atomic E-state index is 11.3. The Morgan fingerprint density at radius 2 is 1.93 bits per heavy atom. The lowest BCUT2D eigenvalue weighted by molar-refractivity contribution is -0.136. The van der Waals surface area contributed by atoms with Crippen molar-refractivity contribution >= 4 is 5.97 Å². The molecule has 3 heteroatoms. The molecule has 0 radical (unpaired) electrons. The zero-order valence-corrected chi connectivity index (χ0v) is 8.90. The van der Waals surface area contributed by atoms with Gasteiger partial charge in [-0.15, -0.1) is 0 Å². The van der Waals surface area contributed by atoms with Crippen LogP contribution in [0.4, 0.5) is 0 Å². The standard InChI is InChI=1S/C12H14O3/c1-14-9-11(12(13)15-2)8-10-6-4-3-5-7-10/h3-7,9H,8H2,1-2H3/b11-9-. The second kappa shape index (κ2) is 5.86. The van der Waals surface area contributed by atoms with Crippen LogP contribution in [-0.4, -0.2) is 20.2 Å². The summed E-state index contributed by atoms with van der Waals surface area (Å²) in [7, 11) is 2.87. The highest BCUT2D eigenvalue weighted by atomic mass is 16.5. The topological polar surface area (TPSA) is 35.5 Å². The van der Waals surface area contributed by atoms with Gasteiger partial charge in [0.1, 0.15) is 0 Å². The van der Waals surface area contributed by atoms with Crippen LogP contribution in [-0.2, 0) is 20.7 Å². The van der Waals surface area contributed by atoms with Crippen LogP contribution in [0.3, 0.4) is 0 Å². The highest BCUT2D eigenvalue weighted by Crippen LogP contribution is 2.09. The number of esters is 1. The molecule has 0 bridgehead atoms. The van der Waals surface area contributed by atoms with E-state index in [-0.39, 0.29) is 5.97 Å². The van der Waals surface area contributed by atoms with Crippen LogP contribution >= 0.6 is 0 Å². The van der Waals surface area contributed by atoms with E-state index in [4.69, 9.17) is 4.74 Å². The summed E-state index contributed by atoms with van der Waals surface area (Å²) in [6.07, 6.45) is 1.93. The van der Waals surface area contributed by atoms with Gasteiger partial charge >= 0.3 is 5.97 Å². The average molecular weight is 206 g/mol. The van der Waals surface area contributed by atoms with Crippen molar-refractivity contribution in [2.24, 2.45) is 0 Å². The number of hydrogen-bond donors (Lipinski definition) is 0. The SMILES string of the molecule is CO/C=C(/Cc1ccccc1)C(=O)OC. The minimum Gasteiger partial charge on any atom is -0.504 e. The summed E-state index contributed by atoms with van der Waals surface area (Å²) in [6.45, 7) is 0. The Labute approximate surface area is 89.3 Å². The first-order chi connectivity index (χ1) is 7.27. The molecule has 0 aliphatic carbocycles. The molecule has 1 rings (SSSR count). The molecule has 80 valence electrons. The molecule has 0 saturated heterocycles. The third kappa shape index (κ3) is 3.46. The highest BCUT2D eigenvalue weighted by molar-refractivity contribution is 5.88. The van der Waals surface area contributed by atoms with Crippen LogP contribution in [0.5, 0.6) is 0 Å². The third-order valence-corrected chi connectivity index (χ3v) is 1.95. The molecular weight excluding hydrogens is 192 g/mol. The molecule has 0 N–H and O–H groups in total. The lowest BCUT2D eigenvalue weighted by atomic mass is 10.1. The summed E-state index contributed by atoms with van der Waals surface area (Å²) >= 11 is 0. The summed E-state index contributed by atoms with van der Waals surface area (Å²) in [5.41, 5.74) is 1.55. The van der Waals surface area contributed by atoms with Gasteiger partial charge in [0.25, 0.3) is 0 Å². The Morgan fingerprint density at radius 3 is 2.47 bits per heavy atom. The molecule has 0 aliphatic rings. The first-order valence-corrected chi connectivity index (χ1v) is 4.62. The van der Waals surface area contributed by atoms with Crippen molar-refractivity contribution in [3.05, 3.63) is 47.7 Å². The fourth-order valence-corrected chi connectivity index (χ4v) is 1.25. The second-order valence-corrected chi connectivity index (χ2v) is 3.03. The Balaban J connectivity index is 2.76. The van der Waals surface area contributed by atoms with Gasteiger partial charge in [0.2, 0.25) is 0 Å². The number of methoxy groups -OCH3 is 2. The van der Waals surface area contributed by atoms with E-state index in [0.29, 0.717) is 12.0 Å². The lowest BCUT2D eigenvalue weighted by Gasteiger charge is -2.04. The van der Waals surface area contributed by atoms with Crippen molar-refractivity contribution in [1.29, 1.82) is 0 Å².